The molecule has 4 rings (SSSR count). The Morgan fingerprint density at radius 3 is 2.47 bits per heavy atom. The lowest BCUT2D eigenvalue weighted by Gasteiger charge is -2.21. The second-order valence-electron chi connectivity index (χ2n) is 8.20. The Labute approximate surface area is 226 Å². The zero-order chi connectivity index (χ0) is 26.9. The molecule has 0 fully saturated rings. The first-order valence-corrected chi connectivity index (χ1v) is 13.2. The van der Waals surface area contributed by atoms with Gasteiger partial charge in [0.2, 0.25) is 0 Å². The van der Waals surface area contributed by atoms with Gasteiger partial charge in [0.25, 0.3) is 5.91 Å². The summed E-state index contributed by atoms with van der Waals surface area (Å²) in [7, 11) is 1.62. The number of aromatic hydroxyl groups is 1. The second-order valence-corrected chi connectivity index (χ2v) is 9.15. The highest BCUT2D eigenvalue weighted by Gasteiger charge is 2.17. The molecule has 0 aliphatic rings. The number of carbonyl (C=O) groups excluding carboxylic acids is 1. The molecule has 196 valence electrons. The van der Waals surface area contributed by atoms with Crippen LogP contribution >= 0.6 is 11.8 Å². The topological polar surface area (TPSA) is 105 Å². The number of anilines is 1. The summed E-state index contributed by atoms with van der Waals surface area (Å²) < 4.78 is 7.19. The number of nitrogens with zero attached hydrogens (tertiary/aromatic N) is 5. The molecule has 4 aromatic rings. The zero-order valence-corrected chi connectivity index (χ0v) is 22.4. The van der Waals surface area contributed by atoms with E-state index in [0.717, 1.165) is 35.8 Å². The summed E-state index contributed by atoms with van der Waals surface area (Å²) in [5, 5.41) is 23.7. The Morgan fingerprint density at radius 2 is 1.82 bits per heavy atom. The van der Waals surface area contributed by atoms with Crippen molar-refractivity contribution >= 4 is 29.6 Å². The van der Waals surface area contributed by atoms with E-state index in [0.29, 0.717) is 16.5 Å². The number of hydrogen-bond donors (Lipinski definition) is 2. The predicted molar refractivity (Wildman–Crippen MR) is 151 cm³/mol. The van der Waals surface area contributed by atoms with E-state index in [-0.39, 0.29) is 17.4 Å². The Hall–Kier alpha value is -4.31. The van der Waals surface area contributed by atoms with E-state index in [4.69, 9.17) is 4.74 Å². The Balaban J connectivity index is 1.45. The van der Waals surface area contributed by atoms with Crippen LogP contribution in [0.25, 0.3) is 17.1 Å². The van der Waals surface area contributed by atoms with Crippen LogP contribution in [-0.2, 0) is 4.79 Å². The van der Waals surface area contributed by atoms with Gasteiger partial charge in [-0.2, -0.15) is 5.10 Å². The van der Waals surface area contributed by atoms with Crippen molar-refractivity contribution in [3.8, 4) is 28.6 Å². The summed E-state index contributed by atoms with van der Waals surface area (Å²) in [5.74, 6) is 1.27. The molecule has 0 radical (unpaired) electrons. The van der Waals surface area contributed by atoms with Crippen molar-refractivity contribution < 1.29 is 14.6 Å². The Morgan fingerprint density at radius 1 is 1.08 bits per heavy atom. The number of aromatic nitrogens is 3. The van der Waals surface area contributed by atoms with Gasteiger partial charge >= 0.3 is 0 Å². The fraction of sp³-hybridized carbons (Fsp3) is 0.214. The minimum atomic E-state index is -0.309. The summed E-state index contributed by atoms with van der Waals surface area (Å²) in [4.78, 5) is 14.7. The van der Waals surface area contributed by atoms with Crippen LogP contribution in [0.15, 0.2) is 83.1 Å². The summed E-state index contributed by atoms with van der Waals surface area (Å²) in [5.41, 5.74) is 5.71. The Bertz CT molecular complexity index is 1390. The summed E-state index contributed by atoms with van der Waals surface area (Å²) in [6.45, 7) is 5.81. The maximum absolute atomic E-state index is 12.5. The highest BCUT2D eigenvalue weighted by molar-refractivity contribution is 7.99. The van der Waals surface area contributed by atoms with Gasteiger partial charge in [0.15, 0.2) is 11.0 Å². The lowest BCUT2D eigenvalue weighted by molar-refractivity contribution is -0.118. The van der Waals surface area contributed by atoms with Crippen molar-refractivity contribution in [3.05, 3.63) is 78.4 Å². The molecule has 9 nitrogen and oxygen atoms in total. The van der Waals surface area contributed by atoms with E-state index in [9.17, 15) is 9.90 Å². The van der Waals surface area contributed by atoms with Gasteiger partial charge in [-0.25, -0.2) is 5.43 Å². The molecule has 0 atom stereocenters. The molecule has 1 heterocycles. The van der Waals surface area contributed by atoms with Crippen LogP contribution in [0.5, 0.6) is 11.5 Å². The van der Waals surface area contributed by atoms with Crippen molar-refractivity contribution in [2.45, 2.75) is 19.0 Å². The number of phenols is 1. The first-order chi connectivity index (χ1) is 18.5. The van der Waals surface area contributed by atoms with Gasteiger partial charge in [-0.1, -0.05) is 42.1 Å². The smallest absolute Gasteiger partial charge is 0.250 e. The quantitative estimate of drug-likeness (QED) is 0.164. The minimum absolute atomic E-state index is 0.0767. The number of hydrazone groups is 1. The van der Waals surface area contributed by atoms with Gasteiger partial charge in [0.1, 0.15) is 11.5 Å². The maximum Gasteiger partial charge on any atom is 0.250 e. The molecule has 10 heteroatoms. The van der Waals surface area contributed by atoms with E-state index in [1.54, 1.807) is 19.2 Å². The number of amides is 1. The monoisotopic (exact) mass is 530 g/mol. The van der Waals surface area contributed by atoms with Crippen molar-refractivity contribution in [3.63, 3.8) is 0 Å². The first-order valence-electron chi connectivity index (χ1n) is 12.2. The molecule has 1 aromatic heterocycles. The van der Waals surface area contributed by atoms with E-state index in [2.05, 4.69) is 39.5 Å². The van der Waals surface area contributed by atoms with E-state index in [1.807, 2.05) is 65.2 Å². The fourth-order valence-corrected chi connectivity index (χ4v) is 4.61. The highest BCUT2D eigenvalue weighted by Crippen LogP contribution is 2.29. The number of rotatable bonds is 11. The molecule has 1 amide bonds. The SMILES string of the molecule is CCN(CC)c1ccc(/C=N\NC(=O)CSc2nnc(-c3ccccc3)n2-c2ccc(OC)cc2)c(O)c1. The number of ether oxygens (including phenoxy) is 1. The third kappa shape index (κ3) is 6.33. The van der Waals surface area contributed by atoms with Crippen molar-refractivity contribution in [2.75, 3.05) is 30.9 Å². The number of phenolic OH excluding ortho intramolecular Hbond substituents is 1. The third-order valence-corrected chi connectivity index (χ3v) is 6.79. The van der Waals surface area contributed by atoms with Crippen LogP contribution in [0.3, 0.4) is 0 Å². The lowest BCUT2D eigenvalue weighted by Crippen LogP contribution is -2.21. The molecule has 0 aliphatic heterocycles. The number of carbonyl (C=O) groups is 1. The fourth-order valence-electron chi connectivity index (χ4n) is 3.86. The lowest BCUT2D eigenvalue weighted by atomic mass is 10.2. The van der Waals surface area contributed by atoms with E-state index >= 15 is 0 Å². The standard InChI is InChI=1S/C28H30N6O3S/c1-4-33(5-2)23-12-11-21(25(35)17-23)18-29-30-26(36)19-38-28-32-31-27(20-9-7-6-8-10-20)34(28)22-13-15-24(37-3)16-14-22/h6-18,35H,4-5,19H2,1-3H3,(H,30,36)/b29-18-. The molecule has 3 aromatic carbocycles. The summed E-state index contributed by atoms with van der Waals surface area (Å²) >= 11 is 1.25. The molecule has 0 saturated heterocycles. The van der Waals surface area contributed by atoms with Crippen LogP contribution in [0.1, 0.15) is 19.4 Å². The number of hydrogen-bond acceptors (Lipinski definition) is 8. The number of nitrogens with one attached hydrogen (secondary N) is 1. The van der Waals surface area contributed by atoms with Gasteiger partial charge in [0.05, 0.1) is 19.1 Å². The average Bonchev–Trinajstić information content (AvgIpc) is 3.38. The molecule has 0 aliphatic carbocycles. The summed E-state index contributed by atoms with van der Waals surface area (Å²) in [6.07, 6.45) is 1.43. The maximum atomic E-state index is 12.5. The molecule has 0 unspecified atom stereocenters. The average molecular weight is 531 g/mol. The number of methoxy groups -OCH3 is 1. The van der Waals surface area contributed by atoms with E-state index < -0.39 is 0 Å². The van der Waals surface area contributed by atoms with Crippen LogP contribution in [0.4, 0.5) is 5.69 Å². The molecule has 0 spiro atoms. The van der Waals surface area contributed by atoms with Crippen LogP contribution < -0.4 is 15.1 Å². The second kappa shape index (κ2) is 12.8. The van der Waals surface area contributed by atoms with Gasteiger partial charge in [0, 0.05) is 41.7 Å². The summed E-state index contributed by atoms with van der Waals surface area (Å²) in [6, 6.07) is 22.7. The molecular formula is C28H30N6O3S. The van der Waals surface area contributed by atoms with Crippen molar-refractivity contribution in [1.82, 2.24) is 20.2 Å². The Kier molecular flexibility index (Phi) is 8.99. The van der Waals surface area contributed by atoms with Gasteiger partial charge in [-0.15, -0.1) is 10.2 Å². The number of benzene rings is 3. The van der Waals surface area contributed by atoms with Crippen LogP contribution in [-0.4, -0.2) is 57.9 Å². The van der Waals surface area contributed by atoms with Gasteiger partial charge in [-0.05, 0) is 50.2 Å². The van der Waals surface area contributed by atoms with Gasteiger partial charge in [-0.3, -0.25) is 9.36 Å². The molecule has 38 heavy (non-hydrogen) atoms. The zero-order valence-electron chi connectivity index (χ0n) is 21.5. The number of thioether (sulfide) groups is 1. The largest absolute Gasteiger partial charge is 0.507 e. The van der Waals surface area contributed by atoms with E-state index in [1.165, 1.54) is 18.0 Å². The predicted octanol–water partition coefficient (Wildman–Crippen LogP) is 4.74. The molecule has 2 N–H and O–H groups in total. The third-order valence-electron chi connectivity index (χ3n) is 5.86. The molecular weight excluding hydrogens is 500 g/mol. The van der Waals surface area contributed by atoms with Crippen molar-refractivity contribution in [1.29, 1.82) is 0 Å². The van der Waals surface area contributed by atoms with Crippen molar-refractivity contribution in [2.24, 2.45) is 5.10 Å². The first kappa shape index (κ1) is 26.7. The normalized spacial score (nSPS) is 11.0. The highest BCUT2D eigenvalue weighted by atomic mass is 32.2. The van der Waals surface area contributed by atoms with Crippen LogP contribution in [0.2, 0.25) is 0 Å². The van der Waals surface area contributed by atoms with Gasteiger partial charge < -0.3 is 14.7 Å². The molecule has 0 saturated carbocycles. The minimum Gasteiger partial charge on any atom is -0.507 e. The van der Waals surface area contributed by atoms with Crippen LogP contribution in [0, 0.1) is 0 Å². The molecule has 0 bridgehead atoms.